The molecule has 4 heteroatoms. The van der Waals surface area contributed by atoms with Crippen molar-refractivity contribution in [2.45, 2.75) is 20.4 Å². The molecule has 0 spiro atoms. The topological polar surface area (TPSA) is 32.5 Å². The SMILES string of the molecule is Cc1cccc(N2CCN(Cc3cc(-c4ccccc4)on3)CC2)c1C. The molecule has 0 N–H and O–H groups in total. The summed E-state index contributed by atoms with van der Waals surface area (Å²) in [6.45, 7) is 9.43. The Kier molecular flexibility index (Phi) is 4.76. The maximum absolute atomic E-state index is 5.52. The van der Waals surface area contributed by atoms with E-state index in [9.17, 15) is 0 Å². The molecule has 0 radical (unpaired) electrons. The first kappa shape index (κ1) is 16.9. The van der Waals surface area contributed by atoms with Crippen LogP contribution in [-0.4, -0.2) is 36.2 Å². The zero-order valence-corrected chi connectivity index (χ0v) is 15.5. The van der Waals surface area contributed by atoms with E-state index in [1.807, 2.05) is 30.3 Å². The van der Waals surface area contributed by atoms with Crippen LogP contribution < -0.4 is 4.90 Å². The van der Waals surface area contributed by atoms with Gasteiger partial charge in [-0.2, -0.15) is 0 Å². The Bertz CT molecular complexity index is 864. The molecule has 1 aliphatic rings. The van der Waals surface area contributed by atoms with Crippen LogP contribution in [0.25, 0.3) is 11.3 Å². The van der Waals surface area contributed by atoms with Crippen molar-refractivity contribution < 1.29 is 4.52 Å². The van der Waals surface area contributed by atoms with Crippen molar-refractivity contribution in [1.82, 2.24) is 10.1 Å². The normalized spacial score (nSPS) is 15.4. The van der Waals surface area contributed by atoms with Gasteiger partial charge in [-0.05, 0) is 31.0 Å². The first-order valence-electron chi connectivity index (χ1n) is 9.25. The molecule has 134 valence electrons. The van der Waals surface area contributed by atoms with Crippen LogP contribution in [0.15, 0.2) is 59.1 Å². The molecule has 3 aromatic rings. The summed E-state index contributed by atoms with van der Waals surface area (Å²) in [5.74, 6) is 0.842. The van der Waals surface area contributed by atoms with E-state index in [-0.39, 0.29) is 0 Å². The van der Waals surface area contributed by atoms with E-state index < -0.39 is 0 Å². The zero-order chi connectivity index (χ0) is 17.9. The average Bonchev–Trinajstić information content (AvgIpc) is 3.14. The number of anilines is 1. The lowest BCUT2D eigenvalue weighted by molar-refractivity contribution is 0.242. The standard InChI is InChI=1S/C22H25N3O/c1-17-7-6-10-21(18(17)2)25-13-11-24(12-14-25)16-20-15-22(26-23-20)19-8-4-3-5-9-19/h3-10,15H,11-14,16H2,1-2H3. The predicted octanol–water partition coefficient (Wildman–Crippen LogP) is 4.28. The van der Waals surface area contributed by atoms with Crippen molar-refractivity contribution in [2.75, 3.05) is 31.1 Å². The maximum Gasteiger partial charge on any atom is 0.167 e. The van der Waals surface area contributed by atoms with E-state index in [1.54, 1.807) is 0 Å². The molecule has 2 heterocycles. The highest BCUT2D eigenvalue weighted by Crippen LogP contribution is 2.25. The Hall–Kier alpha value is -2.59. The van der Waals surface area contributed by atoms with E-state index in [0.717, 1.165) is 49.7 Å². The van der Waals surface area contributed by atoms with Gasteiger partial charge in [0, 0.05) is 50.0 Å². The summed E-state index contributed by atoms with van der Waals surface area (Å²) in [6.07, 6.45) is 0. The molecule has 0 aliphatic carbocycles. The molecular formula is C22H25N3O. The van der Waals surface area contributed by atoms with Crippen molar-refractivity contribution in [1.29, 1.82) is 0 Å². The fraction of sp³-hybridized carbons (Fsp3) is 0.318. The molecule has 0 amide bonds. The van der Waals surface area contributed by atoms with E-state index >= 15 is 0 Å². The van der Waals surface area contributed by atoms with Crippen molar-refractivity contribution in [3.63, 3.8) is 0 Å². The third-order valence-electron chi connectivity index (χ3n) is 5.29. The van der Waals surface area contributed by atoms with Gasteiger partial charge in [0.1, 0.15) is 0 Å². The minimum absolute atomic E-state index is 0.842. The molecule has 2 aromatic carbocycles. The monoisotopic (exact) mass is 347 g/mol. The summed E-state index contributed by atoms with van der Waals surface area (Å²) in [5, 5.41) is 4.26. The van der Waals surface area contributed by atoms with Crippen LogP contribution in [0.5, 0.6) is 0 Å². The molecule has 0 unspecified atom stereocenters. The van der Waals surface area contributed by atoms with Crippen molar-refractivity contribution in [3.05, 3.63) is 71.4 Å². The van der Waals surface area contributed by atoms with E-state index in [4.69, 9.17) is 4.52 Å². The number of hydrogen-bond donors (Lipinski definition) is 0. The highest BCUT2D eigenvalue weighted by Gasteiger charge is 2.20. The van der Waals surface area contributed by atoms with Crippen LogP contribution in [0.2, 0.25) is 0 Å². The van der Waals surface area contributed by atoms with Gasteiger partial charge in [0.2, 0.25) is 0 Å². The average molecular weight is 347 g/mol. The van der Waals surface area contributed by atoms with Gasteiger partial charge >= 0.3 is 0 Å². The first-order chi connectivity index (χ1) is 12.7. The molecule has 4 nitrogen and oxygen atoms in total. The van der Waals surface area contributed by atoms with Gasteiger partial charge in [0.05, 0.1) is 5.69 Å². The summed E-state index contributed by atoms with van der Waals surface area (Å²) < 4.78 is 5.52. The second-order valence-corrected chi connectivity index (χ2v) is 7.03. The van der Waals surface area contributed by atoms with Crippen LogP contribution in [0, 0.1) is 13.8 Å². The molecule has 1 fully saturated rings. The number of hydrogen-bond acceptors (Lipinski definition) is 4. The largest absolute Gasteiger partial charge is 0.369 e. The molecule has 1 saturated heterocycles. The summed E-state index contributed by atoms with van der Waals surface area (Å²) in [6, 6.07) is 18.8. The summed E-state index contributed by atoms with van der Waals surface area (Å²) >= 11 is 0. The van der Waals surface area contributed by atoms with Crippen LogP contribution in [0.1, 0.15) is 16.8 Å². The lowest BCUT2D eigenvalue weighted by atomic mass is 10.1. The minimum Gasteiger partial charge on any atom is -0.369 e. The Morgan fingerprint density at radius 3 is 2.46 bits per heavy atom. The third-order valence-corrected chi connectivity index (χ3v) is 5.29. The highest BCUT2D eigenvalue weighted by molar-refractivity contribution is 5.57. The number of rotatable bonds is 4. The minimum atomic E-state index is 0.842. The lowest BCUT2D eigenvalue weighted by Gasteiger charge is -2.36. The smallest absolute Gasteiger partial charge is 0.167 e. The van der Waals surface area contributed by atoms with Crippen LogP contribution in [0.3, 0.4) is 0 Å². The number of benzene rings is 2. The molecule has 1 aromatic heterocycles. The molecule has 4 rings (SSSR count). The van der Waals surface area contributed by atoms with Crippen LogP contribution in [0.4, 0.5) is 5.69 Å². The molecule has 26 heavy (non-hydrogen) atoms. The second-order valence-electron chi connectivity index (χ2n) is 7.03. The van der Waals surface area contributed by atoms with Gasteiger partial charge in [0.25, 0.3) is 0 Å². The number of piperazine rings is 1. The Balaban J connectivity index is 1.37. The van der Waals surface area contributed by atoms with E-state index in [0.29, 0.717) is 0 Å². The van der Waals surface area contributed by atoms with Gasteiger partial charge in [-0.25, -0.2) is 0 Å². The van der Waals surface area contributed by atoms with E-state index in [2.05, 4.69) is 53.1 Å². The molecular weight excluding hydrogens is 322 g/mol. The Labute approximate surface area is 155 Å². The number of nitrogens with zero attached hydrogens (tertiary/aromatic N) is 3. The molecule has 0 saturated carbocycles. The van der Waals surface area contributed by atoms with Gasteiger partial charge in [-0.1, -0.05) is 47.6 Å². The van der Waals surface area contributed by atoms with Gasteiger partial charge < -0.3 is 9.42 Å². The third kappa shape index (κ3) is 3.51. The van der Waals surface area contributed by atoms with Gasteiger partial charge in [0.15, 0.2) is 5.76 Å². The maximum atomic E-state index is 5.52. The number of aromatic nitrogens is 1. The lowest BCUT2D eigenvalue weighted by Crippen LogP contribution is -2.46. The Morgan fingerprint density at radius 2 is 1.69 bits per heavy atom. The fourth-order valence-electron chi connectivity index (χ4n) is 3.58. The molecule has 0 bridgehead atoms. The predicted molar refractivity (Wildman–Crippen MR) is 105 cm³/mol. The van der Waals surface area contributed by atoms with Crippen molar-refractivity contribution in [2.24, 2.45) is 0 Å². The Morgan fingerprint density at radius 1 is 0.923 bits per heavy atom. The first-order valence-corrected chi connectivity index (χ1v) is 9.25. The fourth-order valence-corrected chi connectivity index (χ4v) is 3.58. The van der Waals surface area contributed by atoms with Crippen molar-refractivity contribution in [3.8, 4) is 11.3 Å². The summed E-state index contributed by atoms with van der Waals surface area (Å²) in [4.78, 5) is 4.95. The van der Waals surface area contributed by atoms with Gasteiger partial charge in [-0.3, -0.25) is 4.90 Å². The van der Waals surface area contributed by atoms with E-state index in [1.165, 1.54) is 16.8 Å². The van der Waals surface area contributed by atoms with Crippen LogP contribution >= 0.6 is 0 Å². The highest BCUT2D eigenvalue weighted by atomic mass is 16.5. The van der Waals surface area contributed by atoms with Crippen LogP contribution in [-0.2, 0) is 6.54 Å². The quantitative estimate of drug-likeness (QED) is 0.705. The second kappa shape index (κ2) is 7.34. The summed E-state index contributed by atoms with van der Waals surface area (Å²) in [5.41, 5.74) is 6.21. The van der Waals surface area contributed by atoms with Crippen molar-refractivity contribution >= 4 is 5.69 Å². The molecule has 1 aliphatic heterocycles. The molecule has 0 atom stereocenters. The zero-order valence-electron chi connectivity index (χ0n) is 15.5. The number of aryl methyl sites for hydroxylation is 1. The van der Waals surface area contributed by atoms with Gasteiger partial charge in [-0.15, -0.1) is 0 Å². The summed E-state index contributed by atoms with van der Waals surface area (Å²) in [7, 11) is 0.